The third-order valence-electron chi connectivity index (χ3n) is 3.54. The first-order valence-corrected chi connectivity index (χ1v) is 8.86. The van der Waals surface area contributed by atoms with Crippen LogP contribution in [-0.2, 0) is 16.1 Å². The van der Waals surface area contributed by atoms with Gasteiger partial charge < -0.3 is 20.2 Å². The number of amides is 2. The van der Waals surface area contributed by atoms with Gasteiger partial charge in [0.1, 0.15) is 17.1 Å². The molecule has 1 aromatic carbocycles. The van der Waals surface area contributed by atoms with E-state index in [-0.39, 0.29) is 12.5 Å². The molecule has 1 heterocycles. The van der Waals surface area contributed by atoms with Crippen molar-refractivity contribution in [2.75, 3.05) is 0 Å². The van der Waals surface area contributed by atoms with E-state index >= 15 is 0 Å². The molecule has 138 valence electrons. The van der Waals surface area contributed by atoms with Crippen LogP contribution in [0.3, 0.4) is 0 Å². The molecule has 0 saturated heterocycles. The Balaban J connectivity index is 1.98. The van der Waals surface area contributed by atoms with Crippen molar-refractivity contribution in [3.63, 3.8) is 0 Å². The predicted molar refractivity (Wildman–Crippen MR) is 96.9 cm³/mol. The molecule has 0 saturated carbocycles. The van der Waals surface area contributed by atoms with E-state index in [4.69, 9.17) is 9.52 Å². The van der Waals surface area contributed by atoms with Gasteiger partial charge in [-0.2, -0.15) is 0 Å². The van der Waals surface area contributed by atoms with Crippen LogP contribution in [0.1, 0.15) is 30.0 Å². The van der Waals surface area contributed by atoms with Crippen LogP contribution >= 0.6 is 11.8 Å². The summed E-state index contributed by atoms with van der Waals surface area (Å²) >= 11 is 1.08. The molecule has 0 aliphatic carbocycles. The Kier molecular flexibility index (Phi) is 6.85. The molecule has 2 atom stereocenters. The normalized spacial score (nSPS) is 12.8. The smallest absolute Gasteiger partial charge is 0.316 e. The topological polar surface area (TPSA) is 109 Å². The number of carboxylic acid groups (broad SMARTS) is 1. The Morgan fingerprint density at radius 1 is 1.15 bits per heavy atom. The first-order valence-electron chi connectivity index (χ1n) is 7.98. The summed E-state index contributed by atoms with van der Waals surface area (Å²) in [6, 6.07) is 9.40. The van der Waals surface area contributed by atoms with E-state index < -0.39 is 23.2 Å². The minimum atomic E-state index is -0.962. The van der Waals surface area contributed by atoms with Crippen molar-refractivity contribution in [3.05, 3.63) is 54.0 Å². The molecule has 0 radical (unpaired) electrons. The van der Waals surface area contributed by atoms with E-state index in [0.29, 0.717) is 16.2 Å². The molecule has 2 amide bonds. The van der Waals surface area contributed by atoms with Crippen molar-refractivity contribution in [1.29, 1.82) is 0 Å². The van der Waals surface area contributed by atoms with Crippen LogP contribution in [0.4, 0.5) is 0 Å². The standard InChI is InChI=1S/C18H20N2O5S/c1-11(16(21)19-10-13-6-5-9-25-13)20-17(22)14-7-3-4-8-15(14)26-12(2)18(23)24/h3-9,11-12H,10H2,1-2H3,(H,19,21)(H,20,22)(H,23,24). The lowest BCUT2D eigenvalue weighted by Gasteiger charge is -2.16. The van der Waals surface area contributed by atoms with Crippen molar-refractivity contribution in [3.8, 4) is 0 Å². The molecule has 1 aromatic heterocycles. The Morgan fingerprint density at radius 2 is 1.88 bits per heavy atom. The minimum absolute atomic E-state index is 0.231. The van der Waals surface area contributed by atoms with E-state index in [0.717, 1.165) is 11.8 Å². The van der Waals surface area contributed by atoms with E-state index in [1.165, 1.54) is 6.26 Å². The Morgan fingerprint density at radius 3 is 2.54 bits per heavy atom. The fraction of sp³-hybridized carbons (Fsp3) is 0.278. The summed E-state index contributed by atoms with van der Waals surface area (Å²) in [5.41, 5.74) is 0.330. The van der Waals surface area contributed by atoms with Gasteiger partial charge in [0.25, 0.3) is 5.91 Å². The molecule has 0 aliphatic heterocycles. The molecule has 0 fully saturated rings. The van der Waals surface area contributed by atoms with E-state index in [2.05, 4.69) is 10.6 Å². The summed E-state index contributed by atoms with van der Waals surface area (Å²) in [5, 5.41) is 13.6. The maximum absolute atomic E-state index is 12.5. The lowest BCUT2D eigenvalue weighted by molar-refractivity contribution is -0.136. The van der Waals surface area contributed by atoms with Crippen LogP contribution in [0.2, 0.25) is 0 Å². The van der Waals surface area contributed by atoms with Crippen molar-refractivity contribution >= 4 is 29.5 Å². The third kappa shape index (κ3) is 5.38. The first-order chi connectivity index (χ1) is 12.4. The molecule has 0 bridgehead atoms. The van der Waals surface area contributed by atoms with Crippen LogP contribution in [0.25, 0.3) is 0 Å². The highest BCUT2D eigenvalue weighted by Crippen LogP contribution is 2.27. The van der Waals surface area contributed by atoms with Crippen LogP contribution < -0.4 is 10.6 Å². The summed E-state index contributed by atoms with van der Waals surface area (Å²) in [6.45, 7) is 3.35. The zero-order valence-electron chi connectivity index (χ0n) is 14.4. The maximum Gasteiger partial charge on any atom is 0.316 e. The second kappa shape index (κ2) is 9.10. The van der Waals surface area contributed by atoms with Gasteiger partial charge in [-0.15, -0.1) is 11.8 Å². The second-order valence-corrected chi connectivity index (χ2v) is 6.97. The SMILES string of the molecule is CC(NC(=O)c1ccccc1SC(C)C(=O)O)C(=O)NCc1ccco1. The molecule has 3 N–H and O–H groups in total. The van der Waals surface area contributed by atoms with Crippen LogP contribution in [0, 0.1) is 0 Å². The minimum Gasteiger partial charge on any atom is -0.480 e. The molecule has 7 nitrogen and oxygen atoms in total. The van der Waals surface area contributed by atoms with Gasteiger partial charge in [-0.05, 0) is 38.1 Å². The average Bonchev–Trinajstić information content (AvgIpc) is 3.13. The number of carbonyl (C=O) groups excluding carboxylic acids is 2. The second-order valence-electron chi connectivity index (χ2n) is 5.59. The number of hydrogen-bond acceptors (Lipinski definition) is 5. The average molecular weight is 376 g/mol. The number of thioether (sulfide) groups is 1. The van der Waals surface area contributed by atoms with Gasteiger partial charge in [0.15, 0.2) is 0 Å². The van der Waals surface area contributed by atoms with Crippen LogP contribution in [-0.4, -0.2) is 34.2 Å². The van der Waals surface area contributed by atoms with E-state index in [1.807, 2.05) is 0 Å². The van der Waals surface area contributed by atoms with Crippen LogP contribution in [0.15, 0.2) is 52.0 Å². The lowest BCUT2D eigenvalue weighted by Crippen LogP contribution is -2.44. The molecule has 2 aromatic rings. The van der Waals surface area contributed by atoms with E-state index in [1.54, 1.807) is 50.2 Å². The fourth-order valence-electron chi connectivity index (χ4n) is 2.08. The van der Waals surface area contributed by atoms with Gasteiger partial charge in [-0.1, -0.05) is 12.1 Å². The van der Waals surface area contributed by atoms with Gasteiger partial charge in [-0.3, -0.25) is 14.4 Å². The summed E-state index contributed by atoms with van der Waals surface area (Å²) in [6.07, 6.45) is 1.51. The number of hydrogen-bond donors (Lipinski definition) is 3. The predicted octanol–water partition coefficient (Wildman–Crippen LogP) is 2.28. The number of carboxylic acids is 1. The lowest BCUT2D eigenvalue weighted by atomic mass is 10.2. The number of benzene rings is 1. The largest absolute Gasteiger partial charge is 0.480 e. The summed E-state index contributed by atoms with van der Waals surface area (Å²) in [5.74, 6) is -1.14. The zero-order chi connectivity index (χ0) is 19.1. The van der Waals surface area contributed by atoms with Crippen LogP contribution in [0.5, 0.6) is 0 Å². The van der Waals surface area contributed by atoms with E-state index in [9.17, 15) is 14.4 Å². The van der Waals surface area contributed by atoms with Crippen molar-refractivity contribution < 1.29 is 23.9 Å². The van der Waals surface area contributed by atoms with Gasteiger partial charge in [0, 0.05) is 4.90 Å². The third-order valence-corrected chi connectivity index (χ3v) is 4.71. The number of carbonyl (C=O) groups is 3. The van der Waals surface area contributed by atoms with Gasteiger partial charge in [0.2, 0.25) is 5.91 Å². The molecule has 2 unspecified atom stereocenters. The Labute approximate surface area is 155 Å². The zero-order valence-corrected chi connectivity index (χ0v) is 15.2. The highest BCUT2D eigenvalue weighted by molar-refractivity contribution is 8.00. The molecule has 8 heteroatoms. The molecule has 0 aliphatic rings. The number of furan rings is 1. The molecule has 26 heavy (non-hydrogen) atoms. The quantitative estimate of drug-likeness (QED) is 0.610. The van der Waals surface area contributed by atoms with Gasteiger partial charge in [-0.25, -0.2) is 0 Å². The van der Waals surface area contributed by atoms with Crippen molar-refractivity contribution in [2.24, 2.45) is 0 Å². The number of aliphatic carboxylic acids is 1. The maximum atomic E-state index is 12.5. The van der Waals surface area contributed by atoms with Gasteiger partial charge in [0.05, 0.1) is 18.4 Å². The Hall–Kier alpha value is -2.74. The molecule has 2 rings (SSSR count). The monoisotopic (exact) mass is 376 g/mol. The van der Waals surface area contributed by atoms with Crippen molar-refractivity contribution in [2.45, 2.75) is 36.6 Å². The highest BCUT2D eigenvalue weighted by Gasteiger charge is 2.21. The van der Waals surface area contributed by atoms with Gasteiger partial charge >= 0.3 is 5.97 Å². The first kappa shape index (κ1) is 19.6. The number of rotatable bonds is 8. The molecular weight excluding hydrogens is 356 g/mol. The molecule has 0 spiro atoms. The summed E-state index contributed by atoms with van der Waals surface area (Å²) < 4.78 is 5.13. The Bertz CT molecular complexity index is 776. The number of nitrogens with one attached hydrogen (secondary N) is 2. The molecular formula is C18H20N2O5S. The summed E-state index contributed by atoms with van der Waals surface area (Å²) in [7, 11) is 0. The van der Waals surface area contributed by atoms with Crippen molar-refractivity contribution in [1.82, 2.24) is 10.6 Å². The fourth-order valence-corrected chi connectivity index (χ4v) is 3.00. The highest BCUT2D eigenvalue weighted by atomic mass is 32.2. The summed E-state index contributed by atoms with van der Waals surface area (Å²) in [4.78, 5) is 36.2.